The van der Waals surface area contributed by atoms with Gasteiger partial charge in [-0.2, -0.15) is 0 Å². The van der Waals surface area contributed by atoms with Crippen LogP contribution in [-0.4, -0.2) is 82.0 Å². The number of amides is 3. The Morgan fingerprint density at radius 3 is 2.68 bits per heavy atom. The van der Waals surface area contributed by atoms with E-state index in [1.165, 1.54) is 17.5 Å². The Hall–Kier alpha value is -3.80. The number of carbonyl (C=O) groups is 4. The molecule has 4 rings (SSSR count). The number of nitrogens with zero attached hydrogens (tertiary/aromatic N) is 4. The van der Waals surface area contributed by atoms with Crippen LogP contribution in [0, 0.1) is 0 Å². The smallest absolute Gasteiger partial charge is 0.243 e. The zero-order valence-electron chi connectivity index (χ0n) is 20.4. The van der Waals surface area contributed by atoms with Crippen molar-refractivity contribution in [1.29, 1.82) is 0 Å². The Bertz CT molecular complexity index is 1150. The Morgan fingerprint density at radius 1 is 1.19 bits per heavy atom. The lowest BCUT2D eigenvalue weighted by atomic mass is 10.1. The molecule has 5 N–H and O–H groups in total. The van der Waals surface area contributed by atoms with Crippen molar-refractivity contribution in [3.8, 4) is 0 Å². The third-order valence-corrected chi connectivity index (χ3v) is 7.41. The van der Waals surface area contributed by atoms with Crippen molar-refractivity contribution in [2.45, 2.75) is 50.2 Å². The van der Waals surface area contributed by atoms with Crippen LogP contribution in [0.2, 0.25) is 0 Å². The first-order chi connectivity index (χ1) is 17.8. The predicted molar refractivity (Wildman–Crippen MR) is 139 cm³/mol. The highest BCUT2D eigenvalue weighted by Crippen LogP contribution is 2.29. The number of hydrogen-bond donors (Lipinski definition) is 3. The molecule has 2 aromatic rings. The quantitative estimate of drug-likeness (QED) is 0.174. The van der Waals surface area contributed by atoms with Crippen LogP contribution in [0.5, 0.6) is 0 Å². The van der Waals surface area contributed by atoms with Gasteiger partial charge in [0.1, 0.15) is 6.04 Å². The van der Waals surface area contributed by atoms with E-state index in [1.807, 2.05) is 30.3 Å². The van der Waals surface area contributed by atoms with Crippen LogP contribution in [0.25, 0.3) is 0 Å². The van der Waals surface area contributed by atoms with Gasteiger partial charge in [-0.05, 0) is 31.2 Å². The van der Waals surface area contributed by atoms with Crippen LogP contribution < -0.4 is 16.8 Å². The van der Waals surface area contributed by atoms with Gasteiger partial charge < -0.3 is 26.6 Å². The number of hydrogen-bond acceptors (Lipinski definition) is 7. The number of rotatable bonds is 10. The van der Waals surface area contributed by atoms with E-state index in [2.05, 4.69) is 15.3 Å². The fraction of sp³-hybridized carbons (Fsp3) is 0.440. The standard InChI is InChI=1S/C25H31N7O4S/c26-25(27)29-10-4-7-18(22(35)24-28-11-12-37-24)30-23(36)19-9-8-17-14-31(15-21(34)32(17)19)20(33)13-16-5-2-1-3-6-16/h1-3,5-6,11-12,17-19H,4,7-10,13-15H2,(H,30,36)(H4,26,27,29)/t17-,18?,19-/m0/s1. The predicted octanol–water partition coefficient (Wildman–Crippen LogP) is 0.309. The zero-order valence-corrected chi connectivity index (χ0v) is 21.2. The maximum absolute atomic E-state index is 13.3. The van der Waals surface area contributed by atoms with E-state index in [0.717, 1.165) is 5.56 Å². The van der Waals surface area contributed by atoms with Crippen molar-refractivity contribution in [2.75, 3.05) is 19.6 Å². The number of aliphatic imine (C=N–C) groups is 1. The summed E-state index contributed by atoms with van der Waals surface area (Å²) in [5.74, 6) is -1.07. The number of benzene rings is 1. The summed E-state index contributed by atoms with van der Waals surface area (Å²) in [6.45, 7) is 0.649. The van der Waals surface area contributed by atoms with Crippen molar-refractivity contribution in [2.24, 2.45) is 16.5 Å². The van der Waals surface area contributed by atoms with Gasteiger partial charge in [0.15, 0.2) is 11.0 Å². The monoisotopic (exact) mass is 525 g/mol. The lowest BCUT2D eigenvalue weighted by Gasteiger charge is -2.39. The molecule has 1 aromatic carbocycles. The van der Waals surface area contributed by atoms with Gasteiger partial charge in [-0.15, -0.1) is 11.3 Å². The number of piperazine rings is 1. The third-order valence-electron chi connectivity index (χ3n) is 6.62. The Morgan fingerprint density at radius 2 is 1.97 bits per heavy atom. The maximum atomic E-state index is 13.3. The van der Waals surface area contributed by atoms with Crippen LogP contribution in [0.1, 0.15) is 41.0 Å². The lowest BCUT2D eigenvalue weighted by molar-refractivity contribution is -0.150. The first-order valence-electron chi connectivity index (χ1n) is 12.3. The first-order valence-corrected chi connectivity index (χ1v) is 13.1. The molecular formula is C25H31N7O4S. The molecule has 12 heteroatoms. The summed E-state index contributed by atoms with van der Waals surface area (Å²) >= 11 is 1.20. The summed E-state index contributed by atoms with van der Waals surface area (Å²) in [6.07, 6.45) is 3.64. The summed E-state index contributed by atoms with van der Waals surface area (Å²) in [5.41, 5.74) is 11.6. The second-order valence-electron chi connectivity index (χ2n) is 9.20. The van der Waals surface area contributed by atoms with Crippen LogP contribution in [-0.2, 0) is 20.8 Å². The van der Waals surface area contributed by atoms with Crippen molar-refractivity contribution in [3.63, 3.8) is 0 Å². The highest BCUT2D eigenvalue weighted by Gasteiger charge is 2.46. The fourth-order valence-corrected chi connectivity index (χ4v) is 5.50. The second kappa shape index (κ2) is 12.0. The average molecular weight is 526 g/mol. The molecule has 3 heterocycles. The highest BCUT2D eigenvalue weighted by molar-refractivity contribution is 7.11. The molecule has 1 aromatic heterocycles. The van der Waals surface area contributed by atoms with Gasteiger partial charge in [0, 0.05) is 24.7 Å². The molecule has 1 unspecified atom stereocenters. The number of guanidine groups is 1. The Kier molecular flexibility index (Phi) is 8.49. The normalized spacial score (nSPS) is 19.7. The molecule has 0 radical (unpaired) electrons. The SMILES string of the molecule is NC(N)=NCCCC(NC(=O)[C@@H]1CC[C@H]2CN(C(=O)Cc3ccccc3)CC(=O)N21)C(=O)c1nccs1. The van der Waals surface area contributed by atoms with Gasteiger partial charge in [-0.25, -0.2) is 4.98 Å². The molecule has 0 aliphatic carbocycles. The summed E-state index contributed by atoms with van der Waals surface area (Å²) in [5, 5.41) is 4.85. The minimum atomic E-state index is -0.809. The molecule has 0 saturated carbocycles. The molecule has 2 aliphatic heterocycles. The first kappa shape index (κ1) is 26.3. The van der Waals surface area contributed by atoms with E-state index in [-0.39, 0.29) is 48.5 Å². The van der Waals surface area contributed by atoms with Gasteiger partial charge in [-0.1, -0.05) is 30.3 Å². The minimum Gasteiger partial charge on any atom is -0.370 e. The van der Waals surface area contributed by atoms with E-state index >= 15 is 0 Å². The lowest BCUT2D eigenvalue weighted by Crippen LogP contribution is -2.60. The van der Waals surface area contributed by atoms with E-state index in [9.17, 15) is 19.2 Å². The number of nitrogens with two attached hydrogens (primary N) is 2. The number of aromatic nitrogens is 1. The van der Waals surface area contributed by atoms with Crippen LogP contribution in [0.3, 0.4) is 0 Å². The van der Waals surface area contributed by atoms with Crippen molar-refractivity contribution < 1.29 is 19.2 Å². The summed E-state index contributed by atoms with van der Waals surface area (Å²) in [4.78, 5) is 63.4. The summed E-state index contributed by atoms with van der Waals surface area (Å²) in [7, 11) is 0. The Balaban J connectivity index is 1.39. The van der Waals surface area contributed by atoms with E-state index in [1.54, 1.807) is 15.2 Å². The molecule has 2 fully saturated rings. The van der Waals surface area contributed by atoms with E-state index in [0.29, 0.717) is 43.8 Å². The highest BCUT2D eigenvalue weighted by atomic mass is 32.1. The molecule has 3 atom stereocenters. The second-order valence-corrected chi connectivity index (χ2v) is 10.1. The van der Waals surface area contributed by atoms with Crippen molar-refractivity contribution in [1.82, 2.24) is 20.1 Å². The van der Waals surface area contributed by atoms with Crippen molar-refractivity contribution >= 4 is 40.8 Å². The van der Waals surface area contributed by atoms with E-state index in [4.69, 9.17) is 11.5 Å². The van der Waals surface area contributed by atoms with E-state index < -0.39 is 12.1 Å². The van der Waals surface area contributed by atoms with Gasteiger partial charge in [0.2, 0.25) is 23.5 Å². The topological polar surface area (TPSA) is 164 Å². The molecule has 37 heavy (non-hydrogen) atoms. The number of carbonyl (C=O) groups excluding carboxylic acids is 4. The van der Waals surface area contributed by atoms with Crippen LogP contribution >= 0.6 is 11.3 Å². The molecule has 3 amide bonds. The number of nitrogens with one attached hydrogen (secondary N) is 1. The molecule has 2 saturated heterocycles. The Labute approximate surface area is 218 Å². The van der Waals surface area contributed by atoms with Gasteiger partial charge >= 0.3 is 0 Å². The van der Waals surface area contributed by atoms with Gasteiger partial charge in [0.05, 0.1) is 25.0 Å². The van der Waals surface area contributed by atoms with Crippen LogP contribution in [0.15, 0.2) is 46.9 Å². The largest absolute Gasteiger partial charge is 0.370 e. The van der Waals surface area contributed by atoms with Crippen LogP contribution in [0.4, 0.5) is 0 Å². The molecule has 2 aliphatic rings. The number of Topliss-reactive ketones (excluding diaryl/α,β-unsaturated/α-hetero) is 1. The summed E-state index contributed by atoms with van der Waals surface area (Å²) < 4.78 is 0. The average Bonchev–Trinajstić information content (AvgIpc) is 3.56. The third kappa shape index (κ3) is 6.50. The van der Waals surface area contributed by atoms with Gasteiger partial charge in [0.25, 0.3) is 0 Å². The summed E-state index contributed by atoms with van der Waals surface area (Å²) in [6, 6.07) is 7.67. The van der Waals surface area contributed by atoms with Crippen molar-refractivity contribution in [3.05, 3.63) is 52.5 Å². The maximum Gasteiger partial charge on any atom is 0.243 e. The molecule has 0 bridgehead atoms. The fourth-order valence-electron chi connectivity index (χ4n) is 4.87. The molecule has 11 nitrogen and oxygen atoms in total. The minimum absolute atomic E-state index is 0.0382. The molecular weight excluding hydrogens is 494 g/mol. The number of fused-ring (bicyclic) bond motifs is 1. The molecule has 0 spiro atoms. The zero-order chi connectivity index (χ0) is 26.4. The number of ketones is 1. The van der Waals surface area contributed by atoms with Gasteiger partial charge in [-0.3, -0.25) is 24.2 Å². The number of thiazole rings is 1. The molecule has 196 valence electrons.